The molecular weight excluding hydrogens is 308 g/mol. The quantitative estimate of drug-likeness (QED) is 0.826. The Bertz CT molecular complexity index is 647. The molecule has 0 amide bonds. The van der Waals surface area contributed by atoms with Crippen LogP contribution in [0.15, 0.2) is 36.5 Å². The minimum Gasteiger partial charge on any atom is -0.376 e. The largest absolute Gasteiger partial charge is 0.376 e. The Morgan fingerprint density at radius 2 is 2.17 bits per heavy atom. The number of rotatable bonds is 5. The van der Waals surface area contributed by atoms with Crippen molar-refractivity contribution < 1.29 is 4.74 Å². The molecule has 1 aromatic heterocycles. The van der Waals surface area contributed by atoms with Crippen LogP contribution >= 0.6 is 12.2 Å². The summed E-state index contributed by atoms with van der Waals surface area (Å²) in [5.74, 6) is 0.752. The van der Waals surface area contributed by atoms with Crippen molar-refractivity contribution in [1.82, 2.24) is 15.1 Å². The molecule has 2 heterocycles. The highest BCUT2D eigenvalue weighted by Crippen LogP contribution is 2.11. The highest BCUT2D eigenvalue weighted by atomic mass is 32.1. The molecule has 1 aromatic carbocycles. The van der Waals surface area contributed by atoms with Crippen LogP contribution in [-0.2, 0) is 11.3 Å². The van der Waals surface area contributed by atoms with Crippen LogP contribution in [0.3, 0.4) is 0 Å². The van der Waals surface area contributed by atoms with Crippen molar-refractivity contribution in [2.75, 3.05) is 18.5 Å². The van der Waals surface area contributed by atoms with Gasteiger partial charge in [-0.1, -0.05) is 29.8 Å². The summed E-state index contributed by atoms with van der Waals surface area (Å²) < 4.78 is 7.46. The van der Waals surface area contributed by atoms with Crippen LogP contribution in [0.5, 0.6) is 0 Å². The van der Waals surface area contributed by atoms with Gasteiger partial charge in [0.15, 0.2) is 10.9 Å². The zero-order chi connectivity index (χ0) is 16.1. The third-order valence-corrected chi connectivity index (χ3v) is 4.11. The minimum absolute atomic E-state index is 0.272. The Labute approximate surface area is 142 Å². The van der Waals surface area contributed by atoms with Crippen LogP contribution in [0, 0.1) is 6.92 Å². The summed E-state index contributed by atoms with van der Waals surface area (Å²) in [5, 5.41) is 11.4. The van der Waals surface area contributed by atoms with Crippen molar-refractivity contribution in [3.8, 4) is 0 Å². The van der Waals surface area contributed by atoms with Crippen molar-refractivity contribution in [1.29, 1.82) is 0 Å². The van der Waals surface area contributed by atoms with E-state index in [1.807, 2.05) is 16.9 Å². The van der Waals surface area contributed by atoms with E-state index in [9.17, 15) is 0 Å². The minimum atomic E-state index is 0.272. The fourth-order valence-corrected chi connectivity index (χ4v) is 2.76. The summed E-state index contributed by atoms with van der Waals surface area (Å²) >= 11 is 5.30. The summed E-state index contributed by atoms with van der Waals surface area (Å²) in [5.41, 5.74) is 2.49. The van der Waals surface area contributed by atoms with Crippen LogP contribution in [0.25, 0.3) is 0 Å². The molecule has 122 valence electrons. The lowest BCUT2D eigenvalue weighted by molar-refractivity contribution is 0.114. The molecule has 1 aliphatic heterocycles. The van der Waals surface area contributed by atoms with Gasteiger partial charge in [-0.05, 0) is 37.5 Å². The van der Waals surface area contributed by atoms with Crippen LogP contribution in [-0.4, -0.2) is 34.1 Å². The molecule has 6 heteroatoms. The second-order valence-corrected chi connectivity index (χ2v) is 6.26. The molecular formula is C17H22N4OS. The van der Waals surface area contributed by atoms with Crippen molar-refractivity contribution in [3.63, 3.8) is 0 Å². The highest BCUT2D eigenvalue weighted by Gasteiger charge is 2.15. The third-order valence-electron chi connectivity index (χ3n) is 3.86. The fraction of sp³-hybridized carbons (Fsp3) is 0.412. The van der Waals surface area contributed by atoms with Crippen molar-refractivity contribution >= 4 is 23.1 Å². The molecule has 1 aliphatic rings. The number of benzene rings is 1. The van der Waals surface area contributed by atoms with Gasteiger partial charge < -0.3 is 15.4 Å². The zero-order valence-corrected chi connectivity index (χ0v) is 14.1. The number of anilines is 1. The average Bonchev–Trinajstić information content (AvgIpc) is 3.20. The van der Waals surface area contributed by atoms with Gasteiger partial charge in [0.25, 0.3) is 0 Å². The lowest BCUT2D eigenvalue weighted by atomic mass is 10.1. The van der Waals surface area contributed by atoms with Crippen LogP contribution in [0.1, 0.15) is 24.0 Å². The lowest BCUT2D eigenvalue weighted by Gasteiger charge is -2.12. The monoisotopic (exact) mass is 330 g/mol. The van der Waals surface area contributed by atoms with Crippen molar-refractivity contribution in [3.05, 3.63) is 47.7 Å². The number of aromatic nitrogens is 2. The van der Waals surface area contributed by atoms with Crippen LogP contribution < -0.4 is 10.6 Å². The van der Waals surface area contributed by atoms with E-state index in [0.29, 0.717) is 5.11 Å². The van der Waals surface area contributed by atoms with Gasteiger partial charge in [0.05, 0.1) is 12.6 Å². The summed E-state index contributed by atoms with van der Waals surface area (Å²) in [7, 11) is 0. The van der Waals surface area contributed by atoms with Gasteiger partial charge in [0.2, 0.25) is 0 Å². The van der Waals surface area contributed by atoms with Gasteiger partial charge in [0.1, 0.15) is 0 Å². The number of aryl methyl sites for hydroxylation is 1. The van der Waals surface area contributed by atoms with E-state index in [1.54, 1.807) is 0 Å². The first-order valence-corrected chi connectivity index (χ1v) is 8.35. The molecule has 23 heavy (non-hydrogen) atoms. The summed E-state index contributed by atoms with van der Waals surface area (Å²) in [6, 6.07) is 10.4. The Hall–Kier alpha value is -1.92. The normalized spacial score (nSPS) is 17.2. The smallest absolute Gasteiger partial charge is 0.172 e. The molecule has 0 saturated carbocycles. The Balaban J connectivity index is 1.48. The maximum absolute atomic E-state index is 5.56. The Morgan fingerprint density at radius 1 is 1.35 bits per heavy atom. The summed E-state index contributed by atoms with van der Waals surface area (Å²) in [6.07, 6.45) is 4.45. The fourth-order valence-electron chi connectivity index (χ4n) is 2.57. The Morgan fingerprint density at radius 3 is 2.91 bits per heavy atom. The Kier molecular flexibility index (Phi) is 5.25. The van der Waals surface area contributed by atoms with Crippen LogP contribution in [0.4, 0.5) is 5.82 Å². The molecule has 2 N–H and O–H groups in total. The van der Waals surface area contributed by atoms with E-state index in [1.165, 1.54) is 11.1 Å². The highest BCUT2D eigenvalue weighted by molar-refractivity contribution is 7.80. The lowest BCUT2D eigenvalue weighted by Crippen LogP contribution is -2.34. The van der Waals surface area contributed by atoms with Gasteiger partial charge in [-0.3, -0.25) is 4.68 Å². The molecule has 5 nitrogen and oxygen atoms in total. The maximum Gasteiger partial charge on any atom is 0.172 e. The van der Waals surface area contributed by atoms with Gasteiger partial charge in [-0.2, -0.15) is 5.10 Å². The number of nitrogens with one attached hydrogen (secondary N) is 2. The molecule has 1 unspecified atom stereocenters. The second kappa shape index (κ2) is 7.57. The third kappa shape index (κ3) is 4.77. The van der Waals surface area contributed by atoms with Gasteiger partial charge in [-0.25, -0.2) is 0 Å². The molecule has 1 atom stereocenters. The molecule has 3 rings (SSSR count). The number of hydrogen-bond acceptors (Lipinski definition) is 3. The molecule has 0 bridgehead atoms. The second-order valence-electron chi connectivity index (χ2n) is 5.85. The first kappa shape index (κ1) is 16.0. The average molecular weight is 330 g/mol. The number of ether oxygens (including phenoxy) is 1. The van der Waals surface area contributed by atoms with Gasteiger partial charge in [-0.15, -0.1) is 0 Å². The first-order valence-electron chi connectivity index (χ1n) is 7.94. The van der Waals surface area contributed by atoms with Crippen LogP contribution in [0.2, 0.25) is 0 Å². The molecule has 1 saturated heterocycles. The predicted molar refractivity (Wildman–Crippen MR) is 95.7 cm³/mol. The molecule has 1 fully saturated rings. The first-order chi connectivity index (χ1) is 11.2. The van der Waals surface area contributed by atoms with E-state index in [4.69, 9.17) is 17.0 Å². The van der Waals surface area contributed by atoms with Gasteiger partial charge >= 0.3 is 0 Å². The van der Waals surface area contributed by atoms with E-state index in [-0.39, 0.29) is 6.10 Å². The number of hydrogen-bond donors (Lipinski definition) is 2. The van der Waals surface area contributed by atoms with E-state index >= 15 is 0 Å². The molecule has 0 spiro atoms. The molecule has 2 aromatic rings. The van der Waals surface area contributed by atoms with Crippen molar-refractivity contribution in [2.45, 2.75) is 32.4 Å². The van der Waals surface area contributed by atoms with E-state index < -0.39 is 0 Å². The predicted octanol–water partition coefficient (Wildman–Crippen LogP) is 2.71. The summed E-state index contributed by atoms with van der Waals surface area (Å²) in [6.45, 7) is 4.44. The maximum atomic E-state index is 5.56. The zero-order valence-electron chi connectivity index (χ0n) is 13.3. The van der Waals surface area contributed by atoms with Gasteiger partial charge in [0, 0.05) is 25.4 Å². The van der Waals surface area contributed by atoms with E-state index in [0.717, 1.165) is 38.4 Å². The standard InChI is InChI=1S/C17H22N4OS/c1-13-4-6-14(7-5-13)12-21-9-8-16(20-21)19-17(23)18-11-15-3-2-10-22-15/h4-9,15H,2-3,10-12H2,1H3,(H2,18,19,20,23). The molecule has 0 radical (unpaired) electrons. The number of nitrogens with zero attached hydrogens (tertiary/aromatic N) is 2. The number of thiocarbonyl (C=S) groups is 1. The summed E-state index contributed by atoms with van der Waals surface area (Å²) in [4.78, 5) is 0. The SMILES string of the molecule is Cc1ccc(Cn2ccc(NC(=S)NCC3CCCO3)n2)cc1. The molecule has 0 aliphatic carbocycles. The topological polar surface area (TPSA) is 51.1 Å². The van der Waals surface area contributed by atoms with Crippen molar-refractivity contribution in [2.24, 2.45) is 0 Å². The van der Waals surface area contributed by atoms with E-state index in [2.05, 4.69) is 46.9 Å².